The van der Waals surface area contributed by atoms with Crippen LogP contribution in [0.25, 0.3) is 0 Å². The number of carbonyl (C=O) groups is 2. The molecule has 0 rings (SSSR count). The average molecular weight is 385 g/mol. The molecule has 0 aliphatic heterocycles. The van der Waals surface area contributed by atoms with E-state index in [9.17, 15) is 14.7 Å². The second-order valence-electron chi connectivity index (χ2n) is 7.90. The Bertz CT molecular complexity index is 489. The molecule has 3 atom stereocenters. The van der Waals surface area contributed by atoms with Crippen molar-refractivity contribution >= 4 is 11.8 Å². The Labute approximate surface area is 165 Å². The maximum atomic E-state index is 13.1. The molecule has 6 heteroatoms. The highest BCUT2D eigenvalue weighted by molar-refractivity contribution is 5.87. The van der Waals surface area contributed by atoms with Gasteiger partial charge >= 0.3 is 0 Å². The topological polar surface area (TPSA) is 78.9 Å². The number of amides is 2. The van der Waals surface area contributed by atoms with Gasteiger partial charge in [0.15, 0.2) is 6.29 Å². The van der Waals surface area contributed by atoms with E-state index < -0.39 is 12.3 Å². The van der Waals surface area contributed by atoms with Crippen molar-refractivity contribution in [1.29, 1.82) is 0 Å². The summed E-state index contributed by atoms with van der Waals surface area (Å²) in [5, 5.41) is 12.9. The number of ether oxygens (including phenoxy) is 1. The number of nitrogens with zero attached hydrogens (tertiary/aromatic N) is 1. The summed E-state index contributed by atoms with van der Waals surface area (Å²) >= 11 is 0. The summed E-state index contributed by atoms with van der Waals surface area (Å²) in [6.45, 7) is 14.1. The lowest BCUT2D eigenvalue weighted by atomic mass is 9.97. The van der Waals surface area contributed by atoms with Crippen LogP contribution in [0, 0.1) is 11.8 Å². The summed E-state index contributed by atoms with van der Waals surface area (Å²) in [5.74, 6) is 0.226. The van der Waals surface area contributed by atoms with E-state index >= 15 is 0 Å². The Morgan fingerprint density at radius 1 is 1.19 bits per heavy atom. The molecule has 0 aromatic carbocycles. The second-order valence-corrected chi connectivity index (χ2v) is 7.90. The van der Waals surface area contributed by atoms with Crippen molar-refractivity contribution in [2.24, 2.45) is 11.8 Å². The van der Waals surface area contributed by atoms with Crippen molar-refractivity contribution in [2.45, 2.75) is 86.1 Å². The largest absolute Gasteiger partial charge is 0.364 e. The first-order chi connectivity index (χ1) is 12.5. The highest BCUT2D eigenvalue weighted by atomic mass is 16.6. The maximum Gasteiger partial charge on any atom is 0.245 e. The Kier molecular flexibility index (Phi) is 12.2. The molecule has 0 spiro atoms. The van der Waals surface area contributed by atoms with Crippen LogP contribution in [-0.4, -0.2) is 53.8 Å². The van der Waals surface area contributed by atoms with Crippen LogP contribution in [0.5, 0.6) is 0 Å². The average Bonchev–Trinajstić information content (AvgIpc) is 2.57. The molecule has 2 amide bonds. The third kappa shape index (κ3) is 9.38. The number of aliphatic hydroxyl groups is 1. The molecule has 0 aliphatic carbocycles. The van der Waals surface area contributed by atoms with Crippen molar-refractivity contribution in [3.63, 3.8) is 0 Å². The predicted molar refractivity (Wildman–Crippen MR) is 109 cm³/mol. The van der Waals surface area contributed by atoms with E-state index in [2.05, 4.69) is 5.32 Å². The normalized spacial score (nSPS) is 15.6. The summed E-state index contributed by atoms with van der Waals surface area (Å²) < 4.78 is 5.23. The van der Waals surface area contributed by atoms with E-state index in [1.807, 2.05) is 47.6 Å². The van der Waals surface area contributed by atoms with Crippen LogP contribution in [0.4, 0.5) is 0 Å². The molecule has 0 saturated carbocycles. The smallest absolute Gasteiger partial charge is 0.245 e. The molecule has 0 bridgehead atoms. The van der Waals surface area contributed by atoms with E-state index in [-0.39, 0.29) is 29.7 Å². The lowest BCUT2D eigenvalue weighted by Crippen LogP contribution is -2.51. The van der Waals surface area contributed by atoms with Crippen molar-refractivity contribution in [1.82, 2.24) is 10.2 Å². The van der Waals surface area contributed by atoms with Gasteiger partial charge in [-0.15, -0.1) is 0 Å². The second kappa shape index (κ2) is 12.9. The first-order valence-corrected chi connectivity index (χ1v) is 10.1. The predicted octanol–water partition coefficient (Wildman–Crippen LogP) is 3.10. The maximum absolute atomic E-state index is 13.1. The SMILES string of the molecule is CCCC(=O)NC(CC(C)C)C(=O)N(C)C(/C=C(\C)C(O)OCC)C(C)C. The van der Waals surface area contributed by atoms with Gasteiger partial charge in [0, 0.05) is 20.1 Å². The zero-order chi connectivity index (χ0) is 21.1. The zero-order valence-electron chi connectivity index (χ0n) is 18.4. The van der Waals surface area contributed by atoms with Crippen LogP contribution < -0.4 is 5.32 Å². The molecule has 27 heavy (non-hydrogen) atoms. The number of aliphatic hydroxyl groups excluding tert-OH is 1. The van der Waals surface area contributed by atoms with Crippen LogP contribution in [0.3, 0.4) is 0 Å². The fraction of sp³-hybridized carbons (Fsp3) is 0.810. The standard InChI is InChI=1S/C21H40N2O4/c1-9-11-19(24)22-17(12-14(3)4)20(25)23(8)18(15(5)6)13-16(7)21(26)27-10-2/h13-15,17-18,21,26H,9-12H2,1-8H3,(H,22,24)/b16-13+. The lowest BCUT2D eigenvalue weighted by Gasteiger charge is -2.33. The van der Waals surface area contributed by atoms with Crippen LogP contribution >= 0.6 is 0 Å². The Morgan fingerprint density at radius 2 is 1.78 bits per heavy atom. The molecule has 0 aromatic heterocycles. The van der Waals surface area contributed by atoms with Gasteiger partial charge in [-0.1, -0.05) is 40.7 Å². The first kappa shape index (κ1) is 25.6. The molecule has 158 valence electrons. The van der Waals surface area contributed by atoms with Gasteiger partial charge in [0.1, 0.15) is 6.04 Å². The molecule has 2 N–H and O–H groups in total. The molecule has 0 saturated heterocycles. The molecule has 0 aromatic rings. The lowest BCUT2D eigenvalue weighted by molar-refractivity contribution is -0.137. The fourth-order valence-electron chi connectivity index (χ4n) is 2.97. The minimum atomic E-state index is -0.976. The number of rotatable bonds is 12. The van der Waals surface area contributed by atoms with Crippen molar-refractivity contribution in [3.05, 3.63) is 11.6 Å². The quantitative estimate of drug-likeness (QED) is 0.400. The Hall–Kier alpha value is -1.40. The van der Waals surface area contributed by atoms with Crippen molar-refractivity contribution in [3.8, 4) is 0 Å². The number of carbonyl (C=O) groups excluding carboxylic acids is 2. The molecular formula is C21H40N2O4. The molecule has 0 aliphatic rings. The van der Waals surface area contributed by atoms with E-state index in [0.717, 1.165) is 6.42 Å². The molecule has 3 unspecified atom stereocenters. The molecule has 0 heterocycles. The molecular weight excluding hydrogens is 344 g/mol. The van der Waals surface area contributed by atoms with Gasteiger partial charge in [0.05, 0.1) is 6.04 Å². The van der Waals surface area contributed by atoms with Crippen LogP contribution in [0.2, 0.25) is 0 Å². The third-order valence-electron chi connectivity index (χ3n) is 4.44. The van der Waals surface area contributed by atoms with Crippen LogP contribution in [0.15, 0.2) is 11.6 Å². The van der Waals surface area contributed by atoms with Gasteiger partial charge in [-0.05, 0) is 44.1 Å². The summed E-state index contributed by atoms with van der Waals surface area (Å²) in [6, 6.07) is -0.744. The Balaban J connectivity index is 5.45. The van der Waals surface area contributed by atoms with Gasteiger partial charge in [-0.2, -0.15) is 0 Å². The number of hydrogen-bond acceptors (Lipinski definition) is 4. The minimum Gasteiger partial charge on any atom is -0.364 e. The van der Waals surface area contributed by atoms with Gasteiger partial charge < -0.3 is 20.1 Å². The van der Waals surface area contributed by atoms with Gasteiger partial charge in [-0.3, -0.25) is 9.59 Å². The highest BCUT2D eigenvalue weighted by Crippen LogP contribution is 2.18. The van der Waals surface area contributed by atoms with Crippen molar-refractivity contribution < 1.29 is 19.4 Å². The third-order valence-corrected chi connectivity index (χ3v) is 4.44. The van der Waals surface area contributed by atoms with Gasteiger partial charge in [0.2, 0.25) is 11.8 Å². The van der Waals surface area contributed by atoms with Crippen LogP contribution in [0.1, 0.15) is 67.7 Å². The summed E-state index contributed by atoms with van der Waals surface area (Å²) in [7, 11) is 1.75. The number of likely N-dealkylation sites (N-methyl/N-ethyl adjacent to an activating group) is 1. The van der Waals surface area contributed by atoms with Gasteiger partial charge in [0.25, 0.3) is 0 Å². The molecule has 6 nitrogen and oxygen atoms in total. The summed E-state index contributed by atoms with van der Waals surface area (Å²) in [6.07, 6.45) is 2.65. The van der Waals surface area contributed by atoms with E-state index in [1.165, 1.54) is 0 Å². The minimum absolute atomic E-state index is 0.0931. The summed E-state index contributed by atoms with van der Waals surface area (Å²) in [5.41, 5.74) is 0.672. The number of hydrogen-bond donors (Lipinski definition) is 2. The molecule has 0 radical (unpaired) electrons. The highest BCUT2D eigenvalue weighted by Gasteiger charge is 2.29. The first-order valence-electron chi connectivity index (χ1n) is 10.1. The molecule has 0 fully saturated rings. The zero-order valence-corrected chi connectivity index (χ0v) is 18.4. The van der Waals surface area contributed by atoms with E-state index in [1.54, 1.807) is 18.9 Å². The monoisotopic (exact) mass is 384 g/mol. The van der Waals surface area contributed by atoms with E-state index in [0.29, 0.717) is 25.0 Å². The fourth-order valence-corrected chi connectivity index (χ4v) is 2.97. The van der Waals surface area contributed by atoms with Crippen molar-refractivity contribution in [2.75, 3.05) is 13.7 Å². The Morgan fingerprint density at radius 3 is 2.22 bits per heavy atom. The van der Waals surface area contributed by atoms with E-state index in [4.69, 9.17) is 4.74 Å². The van der Waals surface area contributed by atoms with Gasteiger partial charge in [-0.25, -0.2) is 0 Å². The number of nitrogens with one attached hydrogen (secondary N) is 1. The summed E-state index contributed by atoms with van der Waals surface area (Å²) in [4.78, 5) is 26.9. The van der Waals surface area contributed by atoms with Crippen LogP contribution in [-0.2, 0) is 14.3 Å².